The van der Waals surface area contributed by atoms with E-state index < -0.39 is 18.7 Å². The fourth-order valence-corrected chi connectivity index (χ4v) is 1.75. The summed E-state index contributed by atoms with van der Waals surface area (Å²) < 4.78 is 41.4. The lowest BCUT2D eigenvalue weighted by Crippen LogP contribution is -2.22. The highest BCUT2D eigenvalue weighted by molar-refractivity contribution is 6.05. The minimum Gasteiger partial charge on any atom is -0.467 e. The van der Waals surface area contributed by atoms with E-state index in [1.54, 1.807) is 17.0 Å². The molecule has 128 valence electrons. The molecule has 0 unspecified atom stereocenters. The lowest BCUT2D eigenvalue weighted by atomic mass is 10.2. The SMILES string of the molecule is CN(C)c1ccc(NC(=O)c2cccnc2OCC(F)(F)F)cn1. The minimum atomic E-state index is -4.52. The van der Waals surface area contributed by atoms with Crippen LogP contribution in [0.2, 0.25) is 0 Å². The Morgan fingerprint density at radius 1 is 1.25 bits per heavy atom. The fourth-order valence-electron chi connectivity index (χ4n) is 1.75. The molecule has 0 radical (unpaired) electrons. The standard InChI is InChI=1S/C15H15F3N4O2/c1-22(2)12-6-5-10(8-20-12)21-13(23)11-4-3-7-19-14(11)24-9-15(16,17)18/h3-8H,9H2,1-2H3,(H,21,23). The largest absolute Gasteiger partial charge is 0.467 e. The van der Waals surface area contributed by atoms with Crippen LogP contribution in [0.25, 0.3) is 0 Å². The zero-order valence-corrected chi connectivity index (χ0v) is 13.0. The number of halogens is 3. The molecule has 0 aliphatic heterocycles. The molecule has 1 N–H and O–H groups in total. The van der Waals surface area contributed by atoms with Crippen molar-refractivity contribution in [3.63, 3.8) is 0 Å². The summed E-state index contributed by atoms with van der Waals surface area (Å²) in [6.45, 7) is -1.52. The molecule has 2 aromatic heterocycles. The lowest BCUT2D eigenvalue weighted by Gasteiger charge is -2.13. The minimum absolute atomic E-state index is 0.0987. The smallest absolute Gasteiger partial charge is 0.422 e. The summed E-state index contributed by atoms with van der Waals surface area (Å²) in [5.74, 6) is -0.326. The van der Waals surface area contributed by atoms with E-state index in [1.165, 1.54) is 24.5 Å². The predicted octanol–water partition coefficient (Wildman–Crippen LogP) is 2.74. The van der Waals surface area contributed by atoms with Crippen LogP contribution in [0.1, 0.15) is 10.4 Å². The van der Waals surface area contributed by atoms with E-state index in [2.05, 4.69) is 20.0 Å². The average molecular weight is 340 g/mol. The Labute approximate surface area is 136 Å². The Hall–Kier alpha value is -2.84. The number of pyridine rings is 2. The zero-order valence-electron chi connectivity index (χ0n) is 13.0. The summed E-state index contributed by atoms with van der Waals surface area (Å²) >= 11 is 0. The van der Waals surface area contributed by atoms with Crippen molar-refractivity contribution in [3.05, 3.63) is 42.2 Å². The molecule has 0 aliphatic carbocycles. The highest BCUT2D eigenvalue weighted by atomic mass is 19.4. The van der Waals surface area contributed by atoms with Crippen molar-refractivity contribution in [3.8, 4) is 5.88 Å². The summed E-state index contributed by atoms with van der Waals surface area (Å²) in [6.07, 6.45) is -1.83. The first-order valence-corrected chi connectivity index (χ1v) is 6.85. The van der Waals surface area contributed by atoms with Gasteiger partial charge in [0.1, 0.15) is 11.4 Å². The maximum Gasteiger partial charge on any atom is 0.422 e. The molecule has 2 aromatic rings. The van der Waals surface area contributed by atoms with E-state index in [9.17, 15) is 18.0 Å². The molecular formula is C15H15F3N4O2. The predicted molar refractivity (Wildman–Crippen MR) is 82.3 cm³/mol. The van der Waals surface area contributed by atoms with Gasteiger partial charge in [-0.1, -0.05) is 0 Å². The molecule has 0 aromatic carbocycles. The zero-order chi connectivity index (χ0) is 17.7. The number of amides is 1. The van der Waals surface area contributed by atoms with E-state index in [1.807, 2.05) is 14.1 Å². The molecular weight excluding hydrogens is 325 g/mol. The van der Waals surface area contributed by atoms with Gasteiger partial charge in [-0.05, 0) is 24.3 Å². The highest BCUT2D eigenvalue weighted by Crippen LogP contribution is 2.21. The number of carbonyl (C=O) groups excluding carboxylic acids is 1. The number of nitrogens with zero attached hydrogens (tertiary/aromatic N) is 3. The van der Waals surface area contributed by atoms with E-state index in [0.717, 1.165) is 0 Å². The van der Waals surface area contributed by atoms with Gasteiger partial charge in [0.25, 0.3) is 5.91 Å². The van der Waals surface area contributed by atoms with Gasteiger partial charge in [-0.25, -0.2) is 9.97 Å². The second-order valence-corrected chi connectivity index (χ2v) is 5.01. The van der Waals surface area contributed by atoms with Crippen LogP contribution in [0.5, 0.6) is 5.88 Å². The average Bonchev–Trinajstić information content (AvgIpc) is 2.53. The van der Waals surface area contributed by atoms with Crippen LogP contribution in [0.4, 0.5) is 24.7 Å². The van der Waals surface area contributed by atoms with Crippen LogP contribution in [0.15, 0.2) is 36.7 Å². The number of carbonyl (C=O) groups is 1. The molecule has 24 heavy (non-hydrogen) atoms. The van der Waals surface area contributed by atoms with Crippen molar-refractivity contribution in [2.75, 3.05) is 30.9 Å². The van der Waals surface area contributed by atoms with Crippen LogP contribution in [-0.4, -0.2) is 42.8 Å². The van der Waals surface area contributed by atoms with Gasteiger partial charge in [0.2, 0.25) is 5.88 Å². The molecule has 1 amide bonds. The molecule has 0 saturated carbocycles. The van der Waals surface area contributed by atoms with Crippen molar-refractivity contribution in [2.24, 2.45) is 0 Å². The van der Waals surface area contributed by atoms with Crippen LogP contribution in [0, 0.1) is 0 Å². The van der Waals surface area contributed by atoms with Crippen molar-refractivity contribution >= 4 is 17.4 Å². The molecule has 6 nitrogen and oxygen atoms in total. The molecule has 9 heteroatoms. The Morgan fingerprint density at radius 3 is 2.58 bits per heavy atom. The molecule has 0 atom stereocenters. The summed E-state index contributed by atoms with van der Waals surface area (Å²) in [5.41, 5.74) is 0.301. The number of nitrogens with one attached hydrogen (secondary N) is 1. The van der Waals surface area contributed by atoms with Crippen LogP contribution >= 0.6 is 0 Å². The first-order valence-electron chi connectivity index (χ1n) is 6.85. The van der Waals surface area contributed by atoms with Gasteiger partial charge in [0.05, 0.1) is 11.9 Å². The van der Waals surface area contributed by atoms with Gasteiger partial charge in [-0.3, -0.25) is 4.79 Å². The highest BCUT2D eigenvalue weighted by Gasteiger charge is 2.29. The fraction of sp³-hybridized carbons (Fsp3) is 0.267. The molecule has 0 aliphatic rings. The third kappa shape index (κ3) is 4.83. The van der Waals surface area contributed by atoms with Crippen molar-refractivity contribution in [1.29, 1.82) is 0 Å². The molecule has 0 saturated heterocycles. The molecule has 0 fully saturated rings. The summed E-state index contributed by atoms with van der Waals surface area (Å²) in [5, 5.41) is 2.54. The summed E-state index contributed by atoms with van der Waals surface area (Å²) in [4.78, 5) is 21.8. The topological polar surface area (TPSA) is 67.4 Å². The Balaban J connectivity index is 2.12. The maximum absolute atomic E-state index is 12.3. The van der Waals surface area contributed by atoms with Gasteiger partial charge in [-0.2, -0.15) is 13.2 Å². The summed E-state index contributed by atoms with van der Waals surface area (Å²) in [7, 11) is 3.64. The first-order chi connectivity index (χ1) is 11.3. The lowest BCUT2D eigenvalue weighted by molar-refractivity contribution is -0.154. The quantitative estimate of drug-likeness (QED) is 0.906. The van der Waals surface area contributed by atoms with E-state index in [4.69, 9.17) is 0 Å². The van der Waals surface area contributed by atoms with Gasteiger partial charge in [0, 0.05) is 20.3 Å². The maximum atomic E-state index is 12.3. The van der Waals surface area contributed by atoms with Crippen molar-refractivity contribution in [2.45, 2.75) is 6.18 Å². The Morgan fingerprint density at radius 2 is 2.00 bits per heavy atom. The van der Waals surface area contributed by atoms with E-state index in [-0.39, 0.29) is 11.4 Å². The number of ether oxygens (including phenoxy) is 1. The number of hydrogen-bond donors (Lipinski definition) is 1. The van der Waals surface area contributed by atoms with Gasteiger partial charge < -0.3 is 15.0 Å². The normalized spacial score (nSPS) is 11.0. The number of rotatable bonds is 5. The van der Waals surface area contributed by atoms with E-state index in [0.29, 0.717) is 11.5 Å². The van der Waals surface area contributed by atoms with Gasteiger partial charge >= 0.3 is 6.18 Å². The Bertz CT molecular complexity index is 703. The summed E-state index contributed by atoms with van der Waals surface area (Å²) in [6, 6.07) is 6.09. The van der Waals surface area contributed by atoms with E-state index >= 15 is 0 Å². The van der Waals surface area contributed by atoms with Crippen molar-refractivity contribution in [1.82, 2.24) is 9.97 Å². The Kier molecular flexibility index (Phi) is 5.22. The molecule has 2 heterocycles. The number of aromatic nitrogens is 2. The van der Waals surface area contributed by atoms with Gasteiger partial charge in [0.15, 0.2) is 6.61 Å². The second-order valence-electron chi connectivity index (χ2n) is 5.01. The molecule has 0 spiro atoms. The van der Waals surface area contributed by atoms with Crippen molar-refractivity contribution < 1.29 is 22.7 Å². The van der Waals surface area contributed by atoms with Crippen LogP contribution in [-0.2, 0) is 0 Å². The molecule has 2 rings (SSSR count). The number of hydrogen-bond acceptors (Lipinski definition) is 5. The number of anilines is 2. The third-order valence-corrected chi connectivity index (χ3v) is 2.85. The van der Waals surface area contributed by atoms with Gasteiger partial charge in [-0.15, -0.1) is 0 Å². The first kappa shape index (κ1) is 17.5. The van der Waals surface area contributed by atoms with Crippen LogP contribution < -0.4 is 15.0 Å². The molecule has 0 bridgehead atoms. The monoisotopic (exact) mass is 340 g/mol. The number of alkyl halides is 3. The van der Waals surface area contributed by atoms with Crippen LogP contribution in [0.3, 0.4) is 0 Å². The second kappa shape index (κ2) is 7.16. The third-order valence-electron chi connectivity index (χ3n) is 2.85.